The zero-order chi connectivity index (χ0) is 13.1. The molecule has 0 bridgehead atoms. The highest BCUT2D eigenvalue weighted by molar-refractivity contribution is 5.48. The fraction of sp³-hybridized carbons (Fsp3) is 0.600. The van der Waals surface area contributed by atoms with Crippen LogP contribution in [-0.2, 0) is 0 Å². The summed E-state index contributed by atoms with van der Waals surface area (Å²) >= 11 is 0. The Morgan fingerprint density at radius 3 is 2.33 bits per heavy atom. The van der Waals surface area contributed by atoms with E-state index in [-0.39, 0.29) is 0 Å². The normalized spacial score (nSPS) is 17.8. The lowest BCUT2D eigenvalue weighted by atomic mass is 9.86. The predicted octanol–water partition coefficient (Wildman–Crippen LogP) is 2.82. The lowest BCUT2D eigenvalue weighted by molar-refractivity contribution is 0.252. The van der Waals surface area contributed by atoms with Gasteiger partial charge in [-0.2, -0.15) is 0 Å². The minimum atomic E-state index is 0.613. The third-order valence-electron chi connectivity index (χ3n) is 3.90. The lowest BCUT2D eigenvalue weighted by Gasteiger charge is -2.31. The molecule has 1 aromatic rings. The minimum absolute atomic E-state index is 0.613. The molecule has 100 valence electrons. The zero-order valence-corrected chi connectivity index (χ0v) is 11.8. The molecule has 0 radical (unpaired) electrons. The Morgan fingerprint density at radius 2 is 1.78 bits per heavy atom. The van der Waals surface area contributed by atoms with Gasteiger partial charge in [-0.25, -0.2) is 0 Å². The number of hydrogen-bond donors (Lipinski definition) is 0. The largest absolute Gasteiger partial charge is 0.497 e. The molecule has 0 amide bonds. The maximum absolute atomic E-state index is 5.56. The maximum Gasteiger partial charge on any atom is 0.126 e. The molecule has 0 aromatic heterocycles. The van der Waals surface area contributed by atoms with Gasteiger partial charge in [0.05, 0.1) is 14.2 Å². The standard InChI is InChI=1S/C15H23NO2/c1-11-9-13(17-3)10-14(18-4)15(11)12-5-7-16(2)8-6-12/h9-10,12H,5-8H2,1-4H3. The van der Waals surface area contributed by atoms with Crippen molar-refractivity contribution >= 4 is 0 Å². The van der Waals surface area contributed by atoms with E-state index in [9.17, 15) is 0 Å². The Bertz CT molecular complexity index is 409. The van der Waals surface area contributed by atoms with Gasteiger partial charge < -0.3 is 14.4 Å². The van der Waals surface area contributed by atoms with Crippen molar-refractivity contribution in [1.29, 1.82) is 0 Å². The van der Waals surface area contributed by atoms with E-state index in [1.165, 1.54) is 37.1 Å². The van der Waals surface area contributed by atoms with E-state index in [2.05, 4.69) is 24.9 Å². The molecule has 1 aliphatic heterocycles. The molecule has 0 saturated carbocycles. The Balaban J connectivity index is 2.31. The number of nitrogens with zero attached hydrogens (tertiary/aromatic N) is 1. The van der Waals surface area contributed by atoms with E-state index in [4.69, 9.17) is 9.47 Å². The molecule has 1 aromatic carbocycles. The summed E-state index contributed by atoms with van der Waals surface area (Å²) in [7, 11) is 5.63. The van der Waals surface area contributed by atoms with Crippen LogP contribution in [0.15, 0.2) is 12.1 Å². The first-order chi connectivity index (χ1) is 8.65. The van der Waals surface area contributed by atoms with Gasteiger partial charge in [-0.1, -0.05) is 0 Å². The fourth-order valence-electron chi connectivity index (χ4n) is 2.84. The van der Waals surface area contributed by atoms with Crippen molar-refractivity contribution < 1.29 is 9.47 Å². The zero-order valence-electron chi connectivity index (χ0n) is 11.8. The van der Waals surface area contributed by atoms with Crippen LogP contribution in [0.2, 0.25) is 0 Å². The van der Waals surface area contributed by atoms with Crippen molar-refractivity contribution in [2.45, 2.75) is 25.7 Å². The highest BCUT2D eigenvalue weighted by atomic mass is 16.5. The molecular formula is C15H23NO2. The number of likely N-dealkylation sites (tertiary alicyclic amines) is 1. The van der Waals surface area contributed by atoms with E-state index in [0.717, 1.165) is 11.5 Å². The van der Waals surface area contributed by atoms with Crippen LogP contribution in [0.3, 0.4) is 0 Å². The van der Waals surface area contributed by atoms with Crippen LogP contribution >= 0.6 is 0 Å². The number of methoxy groups -OCH3 is 2. The molecule has 0 atom stereocenters. The van der Waals surface area contributed by atoms with E-state index < -0.39 is 0 Å². The molecule has 3 heteroatoms. The van der Waals surface area contributed by atoms with Gasteiger partial charge >= 0.3 is 0 Å². The van der Waals surface area contributed by atoms with Gasteiger partial charge in [0, 0.05) is 11.6 Å². The smallest absolute Gasteiger partial charge is 0.126 e. The molecular weight excluding hydrogens is 226 g/mol. The number of aryl methyl sites for hydroxylation is 1. The van der Waals surface area contributed by atoms with Crippen LogP contribution < -0.4 is 9.47 Å². The molecule has 0 N–H and O–H groups in total. The summed E-state index contributed by atoms with van der Waals surface area (Å²) in [5, 5.41) is 0. The summed E-state index contributed by atoms with van der Waals surface area (Å²) in [6.45, 7) is 4.48. The molecule has 1 fully saturated rings. The molecule has 0 unspecified atom stereocenters. The SMILES string of the molecule is COc1cc(C)c(C2CCN(C)CC2)c(OC)c1. The average molecular weight is 249 g/mol. The van der Waals surface area contributed by atoms with Crippen molar-refractivity contribution in [2.24, 2.45) is 0 Å². The van der Waals surface area contributed by atoms with Crippen LogP contribution in [0.5, 0.6) is 11.5 Å². The summed E-state index contributed by atoms with van der Waals surface area (Å²) in [5.41, 5.74) is 2.65. The average Bonchev–Trinajstić information content (AvgIpc) is 2.39. The Hall–Kier alpha value is -1.22. The second-order valence-corrected chi connectivity index (χ2v) is 5.14. The lowest BCUT2D eigenvalue weighted by Crippen LogP contribution is -2.29. The summed E-state index contributed by atoms with van der Waals surface area (Å²) in [6, 6.07) is 4.11. The van der Waals surface area contributed by atoms with Crippen molar-refractivity contribution in [3.8, 4) is 11.5 Å². The first-order valence-electron chi connectivity index (χ1n) is 6.56. The van der Waals surface area contributed by atoms with Crippen molar-refractivity contribution in [3.63, 3.8) is 0 Å². The molecule has 2 rings (SSSR count). The topological polar surface area (TPSA) is 21.7 Å². The van der Waals surface area contributed by atoms with E-state index in [1.54, 1.807) is 14.2 Å². The van der Waals surface area contributed by atoms with Gasteiger partial charge in [-0.15, -0.1) is 0 Å². The Labute approximate surface area is 110 Å². The summed E-state index contributed by atoms with van der Waals surface area (Å²) in [5.74, 6) is 2.46. The van der Waals surface area contributed by atoms with Gasteiger partial charge in [0.15, 0.2) is 0 Å². The van der Waals surface area contributed by atoms with E-state index in [1.807, 2.05) is 6.07 Å². The summed E-state index contributed by atoms with van der Waals surface area (Å²) < 4.78 is 10.9. The fourth-order valence-corrected chi connectivity index (χ4v) is 2.84. The van der Waals surface area contributed by atoms with Crippen LogP contribution in [0.25, 0.3) is 0 Å². The Morgan fingerprint density at radius 1 is 1.11 bits per heavy atom. The quantitative estimate of drug-likeness (QED) is 0.822. The van der Waals surface area contributed by atoms with Crippen LogP contribution in [-0.4, -0.2) is 39.3 Å². The number of rotatable bonds is 3. The van der Waals surface area contributed by atoms with Gasteiger partial charge in [0.1, 0.15) is 11.5 Å². The molecule has 0 aliphatic carbocycles. The van der Waals surface area contributed by atoms with Crippen molar-refractivity contribution in [3.05, 3.63) is 23.3 Å². The van der Waals surface area contributed by atoms with Gasteiger partial charge in [0.2, 0.25) is 0 Å². The Kier molecular flexibility index (Phi) is 4.12. The molecule has 1 heterocycles. The summed E-state index contributed by atoms with van der Waals surface area (Å²) in [6.07, 6.45) is 2.42. The summed E-state index contributed by atoms with van der Waals surface area (Å²) in [4.78, 5) is 2.39. The van der Waals surface area contributed by atoms with E-state index >= 15 is 0 Å². The van der Waals surface area contributed by atoms with Gasteiger partial charge in [-0.05, 0) is 57.5 Å². The third-order valence-corrected chi connectivity index (χ3v) is 3.90. The third kappa shape index (κ3) is 2.61. The van der Waals surface area contributed by atoms with Crippen molar-refractivity contribution in [1.82, 2.24) is 4.90 Å². The van der Waals surface area contributed by atoms with Crippen molar-refractivity contribution in [2.75, 3.05) is 34.4 Å². The monoisotopic (exact) mass is 249 g/mol. The second-order valence-electron chi connectivity index (χ2n) is 5.14. The molecule has 0 spiro atoms. The number of piperidine rings is 1. The number of hydrogen-bond acceptors (Lipinski definition) is 3. The second kappa shape index (κ2) is 5.61. The molecule has 1 aliphatic rings. The molecule has 18 heavy (non-hydrogen) atoms. The highest BCUT2D eigenvalue weighted by Gasteiger charge is 2.23. The number of benzene rings is 1. The molecule has 1 saturated heterocycles. The first kappa shape index (κ1) is 13.2. The highest BCUT2D eigenvalue weighted by Crippen LogP contribution is 2.38. The van der Waals surface area contributed by atoms with Crippen LogP contribution in [0, 0.1) is 6.92 Å². The van der Waals surface area contributed by atoms with Gasteiger partial charge in [0.25, 0.3) is 0 Å². The maximum atomic E-state index is 5.56. The van der Waals surface area contributed by atoms with Gasteiger partial charge in [-0.3, -0.25) is 0 Å². The predicted molar refractivity (Wildman–Crippen MR) is 73.8 cm³/mol. The van der Waals surface area contributed by atoms with E-state index in [0.29, 0.717) is 5.92 Å². The van der Waals surface area contributed by atoms with Crippen LogP contribution in [0.4, 0.5) is 0 Å². The minimum Gasteiger partial charge on any atom is -0.497 e. The van der Waals surface area contributed by atoms with Crippen LogP contribution in [0.1, 0.15) is 29.9 Å². The molecule has 3 nitrogen and oxygen atoms in total. The number of ether oxygens (including phenoxy) is 2. The first-order valence-corrected chi connectivity index (χ1v) is 6.56.